The van der Waals surface area contributed by atoms with Crippen molar-refractivity contribution in [3.8, 4) is 0 Å². The van der Waals surface area contributed by atoms with Gasteiger partial charge in [-0.25, -0.2) is 4.98 Å². The summed E-state index contributed by atoms with van der Waals surface area (Å²) in [7, 11) is 1.68. The molecule has 0 atom stereocenters. The van der Waals surface area contributed by atoms with Crippen LogP contribution in [0.5, 0.6) is 0 Å². The van der Waals surface area contributed by atoms with Crippen molar-refractivity contribution >= 4 is 5.91 Å². The molecule has 3 heterocycles. The Bertz CT molecular complexity index is 625. The summed E-state index contributed by atoms with van der Waals surface area (Å²) >= 11 is 0. The average Bonchev–Trinajstić information content (AvgIpc) is 3.18. The number of imidazole rings is 1. The molecule has 2 aromatic rings. The van der Waals surface area contributed by atoms with Crippen molar-refractivity contribution in [2.45, 2.75) is 32.4 Å². The zero-order chi connectivity index (χ0) is 15.5. The minimum Gasteiger partial charge on any atom is -0.472 e. The zero-order valence-electron chi connectivity index (χ0n) is 13.0. The first-order valence-corrected chi connectivity index (χ1v) is 7.54. The molecule has 1 fully saturated rings. The highest BCUT2D eigenvalue weighted by molar-refractivity contribution is 5.93. The van der Waals surface area contributed by atoms with E-state index in [-0.39, 0.29) is 5.91 Å². The van der Waals surface area contributed by atoms with Gasteiger partial charge in [-0.1, -0.05) is 0 Å². The van der Waals surface area contributed by atoms with Crippen LogP contribution in [0.15, 0.2) is 29.2 Å². The van der Waals surface area contributed by atoms with Gasteiger partial charge in [-0.2, -0.15) is 0 Å². The number of carbonyl (C=O) groups excluding carboxylic acids is 1. The fraction of sp³-hybridized carbons (Fsp3) is 0.500. The first-order chi connectivity index (χ1) is 10.7. The number of carbonyl (C=O) groups is 1. The molecule has 0 radical (unpaired) electrons. The molecule has 0 aromatic carbocycles. The number of rotatable bonds is 4. The first kappa shape index (κ1) is 14.8. The maximum Gasteiger partial charge on any atom is 0.257 e. The molecule has 1 aliphatic heterocycles. The van der Waals surface area contributed by atoms with Gasteiger partial charge in [-0.3, -0.25) is 4.79 Å². The number of ether oxygens (including phenoxy) is 1. The topological polar surface area (TPSA) is 60.5 Å². The summed E-state index contributed by atoms with van der Waals surface area (Å²) in [5, 5.41) is 0. The van der Waals surface area contributed by atoms with Gasteiger partial charge in [0.25, 0.3) is 5.91 Å². The van der Waals surface area contributed by atoms with Crippen LogP contribution in [0.1, 0.15) is 40.8 Å². The van der Waals surface area contributed by atoms with Crippen LogP contribution in [0.3, 0.4) is 0 Å². The Balaban J connectivity index is 1.67. The highest BCUT2D eigenvalue weighted by Crippen LogP contribution is 2.26. The Morgan fingerprint density at radius 1 is 1.45 bits per heavy atom. The molecule has 0 spiro atoms. The number of amides is 1. The number of aryl methyl sites for hydroxylation is 1. The number of furan rings is 1. The molecule has 3 rings (SSSR count). The van der Waals surface area contributed by atoms with Crippen molar-refractivity contribution in [2.24, 2.45) is 0 Å². The fourth-order valence-corrected chi connectivity index (χ4v) is 3.13. The summed E-state index contributed by atoms with van der Waals surface area (Å²) in [5.41, 5.74) is 1.77. The van der Waals surface area contributed by atoms with Crippen molar-refractivity contribution in [3.05, 3.63) is 41.9 Å². The molecule has 6 nitrogen and oxygen atoms in total. The van der Waals surface area contributed by atoms with Crippen LogP contribution < -0.4 is 0 Å². The van der Waals surface area contributed by atoms with E-state index in [1.54, 1.807) is 13.2 Å². The monoisotopic (exact) mass is 303 g/mol. The lowest BCUT2D eigenvalue weighted by molar-refractivity contribution is 0.0689. The Morgan fingerprint density at radius 3 is 2.86 bits per heavy atom. The van der Waals surface area contributed by atoms with Gasteiger partial charge in [0, 0.05) is 38.1 Å². The number of piperidine rings is 1. The van der Waals surface area contributed by atoms with E-state index in [0.717, 1.165) is 37.4 Å². The molecule has 0 aliphatic carbocycles. The largest absolute Gasteiger partial charge is 0.472 e. The Morgan fingerprint density at radius 2 is 2.23 bits per heavy atom. The van der Waals surface area contributed by atoms with Crippen molar-refractivity contribution < 1.29 is 13.9 Å². The molecule has 22 heavy (non-hydrogen) atoms. The summed E-state index contributed by atoms with van der Waals surface area (Å²) in [6.45, 7) is 4.08. The quantitative estimate of drug-likeness (QED) is 0.870. The van der Waals surface area contributed by atoms with E-state index in [2.05, 4.69) is 16.5 Å². The number of likely N-dealkylation sites (tertiary alicyclic amines) is 1. The SMILES string of the molecule is COCc1ncc(C)n1C1CCN(C(=O)c2ccoc2)CC1. The lowest BCUT2D eigenvalue weighted by atomic mass is 10.0. The number of aromatic nitrogens is 2. The molecule has 2 aromatic heterocycles. The molecular formula is C16H21N3O3. The van der Waals surface area contributed by atoms with Gasteiger partial charge in [-0.15, -0.1) is 0 Å². The maximum atomic E-state index is 12.3. The summed E-state index contributed by atoms with van der Waals surface area (Å²) in [5.74, 6) is 1.01. The van der Waals surface area contributed by atoms with Crippen LogP contribution in [-0.2, 0) is 11.3 Å². The van der Waals surface area contributed by atoms with Gasteiger partial charge in [0.2, 0.25) is 0 Å². The normalized spacial score (nSPS) is 16.2. The molecular weight excluding hydrogens is 282 g/mol. The lowest BCUT2D eigenvalue weighted by Crippen LogP contribution is -2.39. The maximum absolute atomic E-state index is 12.3. The number of nitrogens with zero attached hydrogens (tertiary/aromatic N) is 3. The van der Waals surface area contributed by atoms with Crippen LogP contribution >= 0.6 is 0 Å². The second-order valence-corrected chi connectivity index (χ2v) is 5.65. The van der Waals surface area contributed by atoms with Crippen LogP contribution in [0.2, 0.25) is 0 Å². The standard InChI is InChI=1S/C16H21N3O3/c1-12-9-17-15(11-21-2)19(12)14-3-6-18(7-4-14)16(20)13-5-8-22-10-13/h5,8-10,14H,3-4,6-7,11H2,1-2H3. The third kappa shape index (κ3) is 2.78. The van der Waals surface area contributed by atoms with Gasteiger partial charge in [0.15, 0.2) is 0 Å². The first-order valence-electron chi connectivity index (χ1n) is 7.54. The van der Waals surface area contributed by atoms with Crippen molar-refractivity contribution in [2.75, 3.05) is 20.2 Å². The number of hydrogen-bond donors (Lipinski definition) is 0. The third-order valence-corrected chi connectivity index (χ3v) is 4.22. The van der Waals surface area contributed by atoms with Crippen LogP contribution in [-0.4, -0.2) is 40.6 Å². The van der Waals surface area contributed by atoms with E-state index in [4.69, 9.17) is 9.15 Å². The van der Waals surface area contributed by atoms with E-state index in [1.807, 2.05) is 11.1 Å². The van der Waals surface area contributed by atoms with Crippen molar-refractivity contribution in [3.63, 3.8) is 0 Å². The minimum atomic E-state index is 0.0478. The van der Waals surface area contributed by atoms with Crippen LogP contribution in [0.25, 0.3) is 0 Å². The zero-order valence-corrected chi connectivity index (χ0v) is 13.0. The van der Waals surface area contributed by atoms with E-state index in [9.17, 15) is 4.79 Å². The molecule has 118 valence electrons. The molecule has 0 bridgehead atoms. The molecule has 1 saturated heterocycles. The predicted molar refractivity (Wildman–Crippen MR) is 80.6 cm³/mol. The number of methoxy groups -OCH3 is 1. The summed E-state index contributed by atoms with van der Waals surface area (Å²) in [6, 6.07) is 2.09. The van der Waals surface area contributed by atoms with Gasteiger partial charge in [0.1, 0.15) is 18.7 Å². The van der Waals surface area contributed by atoms with Crippen LogP contribution in [0.4, 0.5) is 0 Å². The van der Waals surface area contributed by atoms with Crippen LogP contribution in [0, 0.1) is 6.92 Å². The van der Waals surface area contributed by atoms with E-state index < -0.39 is 0 Å². The molecule has 1 aliphatic rings. The van der Waals surface area contributed by atoms with Gasteiger partial charge in [-0.05, 0) is 25.8 Å². The molecule has 6 heteroatoms. The summed E-state index contributed by atoms with van der Waals surface area (Å²) in [6.07, 6.45) is 6.78. The number of hydrogen-bond acceptors (Lipinski definition) is 4. The van der Waals surface area contributed by atoms with Gasteiger partial charge in [0.05, 0.1) is 11.8 Å². The van der Waals surface area contributed by atoms with Gasteiger partial charge < -0.3 is 18.6 Å². The smallest absolute Gasteiger partial charge is 0.257 e. The van der Waals surface area contributed by atoms with E-state index >= 15 is 0 Å². The summed E-state index contributed by atoms with van der Waals surface area (Å²) in [4.78, 5) is 18.6. The van der Waals surface area contributed by atoms with Gasteiger partial charge >= 0.3 is 0 Å². The Kier molecular flexibility index (Phi) is 4.29. The molecule has 1 amide bonds. The fourth-order valence-electron chi connectivity index (χ4n) is 3.13. The molecule has 0 unspecified atom stereocenters. The second kappa shape index (κ2) is 6.36. The lowest BCUT2D eigenvalue weighted by Gasteiger charge is -2.33. The van der Waals surface area contributed by atoms with E-state index in [1.165, 1.54) is 12.5 Å². The second-order valence-electron chi connectivity index (χ2n) is 5.65. The summed E-state index contributed by atoms with van der Waals surface area (Å²) < 4.78 is 12.5. The predicted octanol–water partition coefficient (Wildman–Crippen LogP) is 2.41. The molecule has 0 saturated carbocycles. The molecule has 0 N–H and O–H groups in total. The Hall–Kier alpha value is -2.08. The average molecular weight is 303 g/mol. The van der Waals surface area contributed by atoms with E-state index in [0.29, 0.717) is 18.2 Å². The highest BCUT2D eigenvalue weighted by atomic mass is 16.5. The third-order valence-electron chi connectivity index (χ3n) is 4.22. The minimum absolute atomic E-state index is 0.0478. The Labute approximate surface area is 129 Å². The highest BCUT2D eigenvalue weighted by Gasteiger charge is 2.26. The van der Waals surface area contributed by atoms with Crippen molar-refractivity contribution in [1.82, 2.24) is 14.5 Å². The van der Waals surface area contributed by atoms with Crippen molar-refractivity contribution in [1.29, 1.82) is 0 Å².